The monoisotopic (exact) mass is 271 g/mol. The number of carbonyl (C=O) groups excluding carboxylic acids is 2. The number of rotatable bonds is 6. The highest BCUT2D eigenvalue weighted by molar-refractivity contribution is 5.89. The zero-order chi connectivity index (χ0) is 14.6. The molecule has 110 valence electrons. The zero-order valence-corrected chi connectivity index (χ0v) is 11.9. The van der Waals surface area contributed by atoms with Crippen molar-refractivity contribution in [2.45, 2.75) is 51.3 Å². The van der Waals surface area contributed by atoms with Gasteiger partial charge in [0, 0.05) is 26.1 Å². The van der Waals surface area contributed by atoms with E-state index in [4.69, 9.17) is 5.73 Å². The van der Waals surface area contributed by atoms with Gasteiger partial charge in [0.25, 0.3) is 0 Å². The van der Waals surface area contributed by atoms with Gasteiger partial charge < -0.3 is 21.1 Å². The number of likely N-dealkylation sites (tertiary alicyclic amines) is 1. The van der Waals surface area contributed by atoms with E-state index in [9.17, 15) is 14.7 Å². The van der Waals surface area contributed by atoms with Gasteiger partial charge in [-0.05, 0) is 13.3 Å². The molecule has 19 heavy (non-hydrogen) atoms. The summed E-state index contributed by atoms with van der Waals surface area (Å²) >= 11 is 0. The maximum absolute atomic E-state index is 12.0. The maximum Gasteiger partial charge on any atom is 0.225 e. The molecule has 1 fully saturated rings. The largest absolute Gasteiger partial charge is 0.389 e. The van der Waals surface area contributed by atoms with Crippen LogP contribution < -0.4 is 11.1 Å². The number of aliphatic hydroxyl groups is 1. The molecule has 0 radical (unpaired) electrons. The molecule has 1 saturated heterocycles. The summed E-state index contributed by atoms with van der Waals surface area (Å²) in [6, 6.07) is -0.747. The summed E-state index contributed by atoms with van der Waals surface area (Å²) in [7, 11) is 1.69. The molecule has 4 atom stereocenters. The number of nitrogens with two attached hydrogens (primary N) is 1. The highest BCUT2D eigenvalue weighted by Crippen LogP contribution is 2.16. The Labute approximate surface area is 114 Å². The predicted molar refractivity (Wildman–Crippen MR) is 72.2 cm³/mol. The molecule has 4 N–H and O–H groups in total. The van der Waals surface area contributed by atoms with Crippen LogP contribution in [0.4, 0.5) is 0 Å². The van der Waals surface area contributed by atoms with Crippen molar-refractivity contribution in [1.82, 2.24) is 10.2 Å². The molecule has 0 aromatic carbocycles. The standard InChI is InChI=1S/C13H25N3O3/c1-4-5-10(14)12(18)8(2)15-13(19)9-6-11(17)16(3)7-9/h8-10,12,18H,4-7,14H2,1-3H3,(H,15,19). The summed E-state index contributed by atoms with van der Waals surface area (Å²) in [5.74, 6) is -0.529. The van der Waals surface area contributed by atoms with Gasteiger partial charge in [-0.1, -0.05) is 13.3 Å². The lowest BCUT2D eigenvalue weighted by molar-refractivity contribution is -0.128. The molecular formula is C13H25N3O3. The predicted octanol–water partition coefficient (Wildman–Crippen LogP) is -0.542. The average molecular weight is 271 g/mol. The number of carbonyl (C=O) groups is 2. The minimum atomic E-state index is -0.765. The Morgan fingerprint density at radius 2 is 2.26 bits per heavy atom. The van der Waals surface area contributed by atoms with E-state index in [1.54, 1.807) is 18.9 Å². The molecule has 0 aromatic rings. The first kappa shape index (κ1) is 15.9. The fourth-order valence-electron chi connectivity index (χ4n) is 2.34. The van der Waals surface area contributed by atoms with E-state index in [0.29, 0.717) is 13.0 Å². The van der Waals surface area contributed by atoms with Crippen molar-refractivity contribution in [2.24, 2.45) is 11.7 Å². The summed E-state index contributed by atoms with van der Waals surface area (Å²) < 4.78 is 0. The van der Waals surface area contributed by atoms with Gasteiger partial charge >= 0.3 is 0 Å². The van der Waals surface area contributed by atoms with Gasteiger partial charge in [0.1, 0.15) is 0 Å². The Bertz CT molecular complexity index is 335. The maximum atomic E-state index is 12.0. The van der Waals surface area contributed by atoms with E-state index in [0.717, 1.165) is 6.42 Å². The summed E-state index contributed by atoms with van der Waals surface area (Å²) in [5.41, 5.74) is 5.84. The Morgan fingerprint density at radius 3 is 2.74 bits per heavy atom. The molecule has 0 aromatic heterocycles. The van der Waals surface area contributed by atoms with E-state index in [2.05, 4.69) is 5.32 Å². The van der Waals surface area contributed by atoms with Crippen LogP contribution in [-0.2, 0) is 9.59 Å². The number of aliphatic hydroxyl groups excluding tert-OH is 1. The second kappa shape index (κ2) is 6.86. The van der Waals surface area contributed by atoms with Gasteiger partial charge in [-0.3, -0.25) is 9.59 Å². The van der Waals surface area contributed by atoms with Gasteiger partial charge in [0.15, 0.2) is 0 Å². The van der Waals surface area contributed by atoms with Crippen LogP contribution in [0, 0.1) is 5.92 Å². The Balaban J connectivity index is 2.46. The minimum Gasteiger partial charge on any atom is -0.389 e. The molecule has 0 bridgehead atoms. The number of amides is 2. The first-order chi connectivity index (χ1) is 8.86. The van der Waals surface area contributed by atoms with Crippen LogP contribution in [0.15, 0.2) is 0 Å². The average Bonchev–Trinajstić information content (AvgIpc) is 2.69. The molecule has 0 aliphatic carbocycles. The van der Waals surface area contributed by atoms with Gasteiger partial charge in [-0.25, -0.2) is 0 Å². The summed E-state index contributed by atoms with van der Waals surface area (Å²) in [6.07, 6.45) is 1.08. The minimum absolute atomic E-state index is 0.0176. The van der Waals surface area contributed by atoms with Crippen molar-refractivity contribution in [2.75, 3.05) is 13.6 Å². The third-order valence-electron chi connectivity index (χ3n) is 3.65. The smallest absolute Gasteiger partial charge is 0.225 e. The molecule has 1 aliphatic heterocycles. The van der Waals surface area contributed by atoms with Gasteiger partial charge in [-0.2, -0.15) is 0 Å². The second-order valence-electron chi connectivity index (χ2n) is 5.42. The molecule has 1 aliphatic rings. The molecule has 1 rings (SSSR count). The van der Waals surface area contributed by atoms with Crippen molar-refractivity contribution in [3.05, 3.63) is 0 Å². The van der Waals surface area contributed by atoms with E-state index < -0.39 is 12.1 Å². The van der Waals surface area contributed by atoms with Crippen LogP contribution in [0.3, 0.4) is 0 Å². The third kappa shape index (κ3) is 4.18. The molecule has 6 nitrogen and oxygen atoms in total. The SMILES string of the molecule is CCCC(N)C(O)C(C)NC(=O)C1CC(=O)N(C)C1. The highest BCUT2D eigenvalue weighted by Gasteiger charge is 2.33. The van der Waals surface area contributed by atoms with Crippen LogP contribution in [0.2, 0.25) is 0 Å². The first-order valence-electron chi connectivity index (χ1n) is 6.84. The van der Waals surface area contributed by atoms with Crippen LogP contribution >= 0.6 is 0 Å². The van der Waals surface area contributed by atoms with Gasteiger partial charge in [0.05, 0.1) is 18.1 Å². The van der Waals surface area contributed by atoms with Crippen molar-refractivity contribution in [1.29, 1.82) is 0 Å². The van der Waals surface area contributed by atoms with Crippen LogP contribution in [0.1, 0.15) is 33.1 Å². The Hall–Kier alpha value is -1.14. The molecule has 1 heterocycles. The van der Waals surface area contributed by atoms with E-state index in [1.807, 2.05) is 6.92 Å². The summed E-state index contributed by atoms with van der Waals surface area (Å²) in [5, 5.41) is 12.8. The van der Waals surface area contributed by atoms with Crippen LogP contribution in [0.5, 0.6) is 0 Å². The van der Waals surface area contributed by atoms with Gasteiger partial charge in [0.2, 0.25) is 11.8 Å². The highest BCUT2D eigenvalue weighted by atomic mass is 16.3. The number of hydrogen-bond donors (Lipinski definition) is 3. The lowest BCUT2D eigenvalue weighted by Gasteiger charge is -2.26. The lowest BCUT2D eigenvalue weighted by atomic mass is 10.00. The summed E-state index contributed by atoms with van der Waals surface area (Å²) in [6.45, 7) is 4.17. The molecule has 0 spiro atoms. The quantitative estimate of drug-likeness (QED) is 0.604. The van der Waals surface area contributed by atoms with Crippen LogP contribution in [-0.4, -0.2) is 53.6 Å². The topological polar surface area (TPSA) is 95.7 Å². The first-order valence-corrected chi connectivity index (χ1v) is 6.84. The second-order valence-corrected chi connectivity index (χ2v) is 5.42. The Morgan fingerprint density at radius 1 is 1.63 bits per heavy atom. The molecule has 0 saturated carbocycles. The van der Waals surface area contributed by atoms with Crippen LogP contribution in [0.25, 0.3) is 0 Å². The fourth-order valence-corrected chi connectivity index (χ4v) is 2.34. The van der Waals surface area contributed by atoms with Crippen molar-refractivity contribution >= 4 is 11.8 Å². The third-order valence-corrected chi connectivity index (χ3v) is 3.65. The van der Waals surface area contributed by atoms with Gasteiger partial charge in [-0.15, -0.1) is 0 Å². The molecule has 6 heteroatoms. The van der Waals surface area contributed by atoms with Crippen molar-refractivity contribution < 1.29 is 14.7 Å². The van der Waals surface area contributed by atoms with E-state index >= 15 is 0 Å². The fraction of sp³-hybridized carbons (Fsp3) is 0.846. The molecule has 2 amide bonds. The molecular weight excluding hydrogens is 246 g/mol. The number of hydrogen-bond acceptors (Lipinski definition) is 4. The molecule has 4 unspecified atom stereocenters. The normalized spacial score (nSPS) is 24.2. The lowest BCUT2D eigenvalue weighted by Crippen LogP contribution is -2.51. The van der Waals surface area contributed by atoms with Crippen molar-refractivity contribution in [3.63, 3.8) is 0 Å². The summed E-state index contributed by atoms with van der Waals surface area (Å²) in [4.78, 5) is 24.9. The van der Waals surface area contributed by atoms with Crippen molar-refractivity contribution in [3.8, 4) is 0 Å². The number of nitrogens with zero attached hydrogens (tertiary/aromatic N) is 1. The van der Waals surface area contributed by atoms with E-state index in [-0.39, 0.29) is 30.2 Å². The van der Waals surface area contributed by atoms with E-state index in [1.165, 1.54) is 0 Å². The zero-order valence-electron chi connectivity index (χ0n) is 11.9. The number of nitrogens with one attached hydrogen (secondary N) is 1. The Kier molecular flexibility index (Phi) is 5.75.